The number of carbonyl (C=O) groups is 1. The average molecular weight is 309 g/mol. The van der Waals surface area contributed by atoms with Crippen molar-refractivity contribution < 1.29 is 14.3 Å². The zero-order valence-electron chi connectivity index (χ0n) is 12.9. The Hall–Kier alpha value is -2.59. The summed E-state index contributed by atoms with van der Waals surface area (Å²) in [6, 6.07) is 16.7. The summed E-state index contributed by atoms with van der Waals surface area (Å²) >= 11 is 0. The zero-order valence-corrected chi connectivity index (χ0v) is 12.9. The second-order valence-electron chi connectivity index (χ2n) is 5.66. The quantitative estimate of drug-likeness (QED) is 0.761. The Morgan fingerprint density at radius 3 is 2.61 bits per heavy atom. The van der Waals surface area contributed by atoms with Crippen molar-refractivity contribution in [2.24, 2.45) is 0 Å². The van der Waals surface area contributed by atoms with Crippen LogP contribution in [0.15, 0.2) is 65.3 Å². The fourth-order valence-corrected chi connectivity index (χ4v) is 2.57. The maximum Gasteiger partial charge on any atom is 0.255 e. The molecule has 0 spiro atoms. The summed E-state index contributed by atoms with van der Waals surface area (Å²) in [5.74, 6) is -0.241. The lowest BCUT2D eigenvalue weighted by molar-refractivity contribution is 0.0852. The summed E-state index contributed by atoms with van der Waals surface area (Å²) in [7, 11) is 0. The molecular formula is C19H19NO3. The minimum absolute atomic E-state index is 0.241. The molecule has 0 bridgehead atoms. The van der Waals surface area contributed by atoms with E-state index in [0.29, 0.717) is 17.6 Å². The van der Waals surface area contributed by atoms with Crippen molar-refractivity contribution in [2.45, 2.75) is 25.5 Å². The van der Waals surface area contributed by atoms with E-state index in [-0.39, 0.29) is 11.9 Å². The highest BCUT2D eigenvalue weighted by Crippen LogP contribution is 2.20. The number of hydrogen-bond acceptors (Lipinski definition) is 3. The molecule has 4 heteroatoms. The second-order valence-corrected chi connectivity index (χ2v) is 5.66. The molecule has 3 rings (SSSR count). The van der Waals surface area contributed by atoms with Crippen LogP contribution in [0.2, 0.25) is 0 Å². The molecule has 2 N–H and O–H groups in total. The third-order valence-electron chi connectivity index (χ3n) is 3.95. The first-order valence-corrected chi connectivity index (χ1v) is 7.64. The van der Waals surface area contributed by atoms with Crippen molar-refractivity contribution >= 4 is 16.9 Å². The van der Waals surface area contributed by atoms with Crippen molar-refractivity contribution in [2.75, 3.05) is 0 Å². The van der Waals surface area contributed by atoms with E-state index in [4.69, 9.17) is 4.42 Å². The van der Waals surface area contributed by atoms with Crippen LogP contribution in [-0.4, -0.2) is 23.2 Å². The van der Waals surface area contributed by atoms with Gasteiger partial charge >= 0.3 is 0 Å². The smallest absolute Gasteiger partial charge is 0.255 e. The van der Waals surface area contributed by atoms with Crippen LogP contribution < -0.4 is 5.32 Å². The zero-order chi connectivity index (χ0) is 16.2. The van der Waals surface area contributed by atoms with Gasteiger partial charge in [-0.2, -0.15) is 0 Å². The van der Waals surface area contributed by atoms with Crippen LogP contribution in [0.25, 0.3) is 11.0 Å². The van der Waals surface area contributed by atoms with Gasteiger partial charge in [0.1, 0.15) is 11.8 Å². The summed E-state index contributed by atoms with van der Waals surface area (Å²) in [6.07, 6.45) is 1.30. The molecule has 1 amide bonds. The van der Waals surface area contributed by atoms with Gasteiger partial charge in [-0.05, 0) is 18.6 Å². The third kappa shape index (κ3) is 3.43. The number of nitrogens with one attached hydrogen (secondary N) is 1. The lowest BCUT2D eigenvalue weighted by Crippen LogP contribution is -2.42. The van der Waals surface area contributed by atoms with E-state index in [1.807, 2.05) is 54.6 Å². The third-order valence-corrected chi connectivity index (χ3v) is 3.95. The fraction of sp³-hybridized carbons (Fsp3) is 0.211. The van der Waals surface area contributed by atoms with E-state index >= 15 is 0 Å². The minimum atomic E-state index is -0.653. The molecule has 2 unspecified atom stereocenters. The number of carbonyl (C=O) groups excluding carboxylic acids is 1. The standard InChI is InChI=1S/C19H19NO3/c1-13(17(21)11-14-7-3-2-4-8-14)20-19(22)16-12-23-18-10-6-5-9-15(16)18/h2-10,12-13,17,21H,11H2,1H3,(H,20,22). The SMILES string of the molecule is CC(NC(=O)c1coc2ccccc12)C(O)Cc1ccccc1. The largest absolute Gasteiger partial charge is 0.463 e. The van der Waals surface area contributed by atoms with Crippen LogP contribution in [0.1, 0.15) is 22.8 Å². The molecule has 1 heterocycles. The molecular weight excluding hydrogens is 290 g/mol. The van der Waals surface area contributed by atoms with E-state index in [0.717, 1.165) is 10.9 Å². The number of aliphatic hydroxyl groups is 1. The minimum Gasteiger partial charge on any atom is -0.463 e. The molecule has 0 aliphatic heterocycles. The molecule has 0 saturated carbocycles. The summed E-state index contributed by atoms with van der Waals surface area (Å²) in [5, 5.41) is 13.9. The van der Waals surface area contributed by atoms with Gasteiger partial charge in [0, 0.05) is 11.8 Å². The van der Waals surface area contributed by atoms with Crippen LogP contribution in [0.3, 0.4) is 0 Å². The van der Waals surface area contributed by atoms with Crippen LogP contribution in [-0.2, 0) is 6.42 Å². The molecule has 0 radical (unpaired) electrons. The highest BCUT2D eigenvalue weighted by atomic mass is 16.3. The van der Waals surface area contributed by atoms with Gasteiger partial charge in [0.05, 0.1) is 17.7 Å². The van der Waals surface area contributed by atoms with E-state index in [1.54, 1.807) is 6.92 Å². The topological polar surface area (TPSA) is 62.5 Å². The fourth-order valence-electron chi connectivity index (χ4n) is 2.57. The molecule has 2 aromatic carbocycles. The van der Waals surface area contributed by atoms with Gasteiger partial charge < -0.3 is 14.8 Å². The number of amides is 1. The number of hydrogen-bond donors (Lipinski definition) is 2. The molecule has 0 fully saturated rings. The maximum absolute atomic E-state index is 12.4. The Bertz CT molecular complexity index is 794. The predicted octanol–water partition coefficient (Wildman–Crippen LogP) is 3.15. The van der Waals surface area contributed by atoms with Gasteiger partial charge in [0.25, 0.3) is 5.91 Å². The van der Waals surface area contributed by atoms with Gasteiger partial charge in [-0.25, -0.2) is 0 Å². The Balaban J connectivity index is 1.67. The summed E-state index contributed by atoms with van der Waals surface area (Å²) in [5.41, 5.74) is 2.20. The number of fused-ring (bicyclic) bond motifs is 1. The number of furan rings is 1. The van der Waals surface area contributed by atoms with E-state index in [1.165, 1.54) is 6.26 Å². The van der Waals surface area contributed by atoms with Gasteiger partial charge in [0.15, 0.2) is 0 Å². The van der Waals surface area contributed by atoms with Crippen LogP contribution in [0, 0.1) is 0 Å². The van der Waals surface area contributed by atoms with Crippen molar-refractivity contribution in [3.8, 4) is 0 Å². The maximum atomic E-state index is 12.4. The molecule has 2 atom stereocenters. The van der Waals surface area contributed by atoms with Gasteiger partial charge in [-0.1, -0.05) is 48.5 Å². The average Bonchev–Trinajstić information content (AvgIpc) is 2.99. The Morgan fingerprint density at radius 2 is 1.83 bits per heavy atom. The first-order chi connectivity index (χ1) is 11.1. The molecule has 4 nitrogen and oxygen atoms in total. The second kappa shape index (κ2) is 6.67. The highest BCUT2D eigenvalue weighted by Gasteiger charge is 2.20. The van der Waals surface area contributed by atoms with Crippen molar-refractivity contribution in [1.29, 1.82) is 0 Å². The Kier molecular flexibility index (Phi) is 4.44. The van der Waals surface area contributed by atoms with Crippen molar-refractivity contribution in [3.63, 3.8) is 0 Å². The molecule has 0 saturated heterocycles. The number of aliphatic hydroxyl groups excluding tert-OH is 1. The molecule has 3 aromatic rings. The first kappa shape index (κ1) is 15.3. The molecule has 23 heavy (non-hydrogen) atoms. The monoisotopic (exact) mass is 309 g/mol. The number of benzene rings is 2. The Morgan fingerprint density at radius 1 is 1.13 bits per heavy atom. The highest BCUT2D eigenvalue weighted by molar-refractivity contribution is 6.05. The first-order valence-electron chi connectivity index (χ1n) is 7.64. The molecule has 0 aliphatic rings. The molecule has 0 aliphatic carbocycles. The van der Waals surface area contributed by atoms with E-state index in [9.17, 15) is 9.90 Å². The van der Waals surface area contributed by atoms with Crippen LogP contribution in [0.4, 0.5) is 0 Å². The van der Waals surface area contributed by atoms with Crippen LogP contribution in [0.5, 0.6) is 0 Å². The Labute approximate surface area is 134 Å². The van der Waals surface area contributed by atoms with Gasteiger partial charge in [-0.3, -0.25) is 4.79 Å². The summed E-state index contributed by atoms with van der Waals surface area (Å²) < 4.78 is 5.38. The lowest BCUT2D eigenvalue weighted by atomic mass is 10.0. The number of para-hydroxylation sites is 1. The van der Waals surface area contributed by atoms with Gasteiger partial charge in [0.2, 0.25) is 0 Å². The summed E-state index contributed by atoms with van der Waals surface area (Å²) in [4.78, 5) is 12.4. The van der Waals surface area contributed by atoms with Crippen molar-refractivity contribution in [1.82, 2.24) is 5.32 Å². The van der Waals surface area contributed by atoms with E-state index < -0.39 is 6.10 Å². The van der Waals surface area contributed by atoms with E-state index in [2.05, 4.69) is 5.32 Å². The number of rotatable bonds is 5. The normalized spacial score (nSPS) is 13.7. The van der Waals surface area contributed by atoms with Crippen molar-refractivity contribution in [3.05, 3.63) is 72.0 Å². The van der Waals surface area contributed by atoms with Crippen LogP contribution >= 0.6 is 0 Å². The van der Waals surface area contributed by atoms with Gasteiger partial charge in [-0.15, -0.1) is 0 Å². The summed E-state index contributed by atoms with van der Waals surface area (Å²) in [6.45, 7) is 1.80. The molecule has 118 valence electrons. The lowest BCUT2D eigenvalue weighted by Gasteiger charge is -2.20. The predicted molar refractivity (Wildman–Crippen MR) is 89.3 cm³/mol. The molecule has 1 aromatic heterocycles.